The summed E-state index contributed by atoms with van der Waals surface area (Å²) in [5.74, 6) is 0. The van der Waals surface area contributed by atoms with Crippen LogP contribution in [-0.2, 0) is 6.54 Å². The molecule has 0 atom stereocenters. The van der Waals surface area contributed by atoms with Crippen molar-refractivity contribution in [1.82, 2.24) is 15.3 Å². The molecule has 2 heterocycles. The van der Waals surface area contributed by atoms with Crippen LogP contribution in [0.1, 0.15) is 17.0 Å². The van der Waals surface area contributed by atoms with Crippen molar-refractivity contribution in [3.05, 3.63) is 53.5 Å². The van der Waals surface area contributed by atoms with Crippen molar-refractivity contribution in [3.63, 3.8) is 0 Å². The number of H-pyrrole nitrogens is 1. The van der Waals surface area contributed by atoms with Crippen LogP contribution in [0.15, 0.2) is 36.5 Å². The molecule has 4 nitrogen and oxygen atoms in total. The molecule has 0 saturated heterocycles. The predicted octanol–water partition coefficient (Wildman–Crippen LogP) is 3.64. The van der Waals surface area contributed by atoms with Gasteiger partial charge in [0.1, 0.15) is 0 Å². The number of pyridine rings is 1. The zero-order chi connectivity index (χ0) is 14.8. The van der Waals surface area contributed by atoms with Crippen LogP contribution in [0.2, 0.25) is 0 Å². The molecule has 3 rings (SSSR count). The number of hydrogen-bond acceptors (Lipinski definition) is 3. The minimum atomic E-state index is 0.869. The van der Waals surface area contributed by atoms with Crippen LogP contribution in [0.4, 0.5) is 11.4 Å². The van der Waals surface area contributed by atoms with Crippen LogP contribution < -0.4 is 10.6 Å². The minimum Gasteiger partial charge on any atom is -0.361 e. The highest BCUT2D eigenvalue weighted by Gasteiger charge is 2.05. The van der Waals surface area contributed by atoms with E-state index in [0.717, 1.165) is 34.8 Å². The predicted molar refractivity (Wildman–Crippen MR) is 88.1 cm³/mol. The Labute approximate surface area is 124 Å². The molecule has 0 radical (unpaired) electrons. The van der Waals surface area contributed by atoms with E-state index in [9.17, 15) is 0 Å². The molecule has 0 amide bonds. The van der Waals surface area contributed by atoms with E-state index in [4.69, 9.17) is 0 Å². The largest absolute Gasteiger partial charge is 0.361 e. The lowest BCUT2D eigenvalue weighted by Gasteiger charge is -2.10. The molecule has 0 spiro atoms. The number of fused-ring (bicyclic) bond motifs is 1. The van der Waals surface area contributed by atoms with E-state index < -0.39 is 0 Å². The summed E-state index contributed by atoms with van der Waals surface area (Å²) in [7, 11) is 1.96. The van der Waals surface area contributed by atoms with Crippen LogP contribution in [0.25, 0.3) is 10.9 Å². The van der Waals surface area contributed by atoms with Gasteiger partial charge >= 0.3 is 0 Å². The fourth-order valence-electron chi connectivity index (χ4n) is 2.57. The summed E-state index contributed by atoms with van der Waals surface area (Å²) in [6.45, 7) is 4.90. The van der Waals surface area contributed by atoms with Crippen LogP contribution in [0.5, 0.6) is 0 Å². The number of hydrogen-bond donors (Lipinski definition) is 3. The van der Waals surface area contributed by atoms with Crippen LogP contribution in [0, 0.1) is 13.8 Å². The summed E-state index contributed by atoms with van der Waals surface area (Å²) in [5.41, 5.74) is 6.58. The highest BCUT2D eigenvalue weighted by molar-refractivity contribution is 5.87. The number of aromatic amines is 1. The maximum Gasteiger partial charge on any atom is 0.0610 e. The highest BCUT2D eigenvalue weighted by atomic mass is 14.9. The molecule has 1 aromatic carbocycles. The molecule has 2 aromatic heterocycles. The highest BCUT2D eigenvalue weighted by Crippen LogP contribution is 2.25. The van der Waals surface area contributed by atoms with Crippen molar-refractivity contribution in [2.75, 3.05) is 12.4 Å². The molecule has 0 aliphatic rings. The van der Waals surface area contributed by atoms with E-state index in [1.54, 1.807) is 0 Å². The van der Waals surface area contributed by atoms with Crippen molar-refractivity contribution in [2.24, 2.45) is 0 Å². The second-order valence-corrected chi connectivity index (χ2v) is 5.32. The molecule has 0 aliphatic heterocycles. The molecule has 0 saturated carbocycles. The summed E-state index contributed by atoms with van der Waals surface area (Å²) in [4.78, 5) is 7.81. The first-order chi connectivity index (χ1) is 10.2. The SMILES string of the molecule is CNCc1c[nH]c2cc(Nc3ccc(C)nc3C)ccc12. The van der Waals surface area contributed by atoms with Gasteiger partial charge in [0.25, 0.3) is 0 Å². The average molecular weight is 280 g/mol. The molecule has 108 valence electrons. The zero-order valence-electron chi connectivity index (χ0n) is 12.6. The van der Waals surface area contributed by atoms with E-state index in [0.29, 0.717) is 0 Å². The Morgan fingerprint density at radius 3 is 2.76 bits per heavy atom. The fourth-order valence-corrected chi connectivity index (χ4v) is 2.57. The lowest BCUT2D eigenvalue weighted by Crippen LogP contribution is -2.03. The van der Waals surface area contributed by atoms with Gasteiger partial charge in [-0.1, -0.05) is 6.07 Å². The normalized spacial score (nSPS) is 11.0. The van der Waals surface area contributed by atoms with Crippen molar-refractivity contribution >= 4 is 22.3 Å². The quantitative estimate of drug-likeness (QED) is 0.684. The smallest absolute Gasteiger partial charge is 0.0610 e. The number of benzene rings is 1. The van der Waals surface area contributed by atoms with E-state index in [1.807, 2.05) is 27.0 Å². The fraction of sp³-hybridized carbons (Fsp3) is 0.235. The first-order valence-electron chi connectivity index (χ1n) is 7.13. The first-order valence-corrected chi connectivity index (χ1v) is 7.13. The molecule has 21 heavy (non-hydrogen) atoms. The van der Waals surface area contributed by atoms with Gasteiger partial charge in [0, 0.05) is 35.0 Å². The zero-order valence-corrected chi connectivity index (χ0v) is 12.6. The molecular formula is C17H20N4. The Bertz CT molecular complexity index is 774. The van der Waals surface area contributed by atoms with Gasteiger partial charge in [0.2, 0.25) is 0 Å². The number of nitrogens with zero attached hydrogens (tertiary/aromatic N) is 1. The molecule has 3 aromatic rings. The minimum absolute atomic E-state index is 0.869. The second kappa shape index (κ2) is 5.58. The number of rotatable bonds is 4. The maximum atomic E-state index is 4.48. The van der Waals surface area contributed by atoms with E-state index in [1.165, 1.54) is 10.9 Å². The summed E-state index contributed by atoms with van der Waals surface area (Å²) in [6.07, 6.45) is 2.06. The van der Waals surface area contributed by atoms with E-state index in [-0.39, 0.29) is 0 Å². The van der Waals surface area contributed by atoms with Crippen LogP contribution in [0.3, 0.4) is 0 Å². The Hall–Kier alpha value is -2.33. The molecule has 4 heteroatoms. The molecule has 0 unspecified atom stereocenters. The third-order valence-corrected chi connectivity index (χ3v) is 3.64. The number of aromatic nitrogens is 2. The van der Waals surface area contributed by atoms with Crippen LogP contribution in [-0.4, -0.2) is 17.0 Å². The van der Waals surface area contributed by atoms with Crippen molar-refractivity contribution < 1.29 is 0 Å². The van der Waals surface area contributed by atoms with Gasteiger partial charge in [-0.15, -0.1) is 0 Å². The Morgan fingerprint density at radius 2 is 2.00 bits per heavy atom. The van der Waals surface area contributed by atoms with Gasteiger partial charge in [-0.25, -0.2) is 0 Å². The van der Waals surface area contributed by atoms with E-state index >= 15 is 0 Å². The lowest BCUT2D eigenvalue weighted by atomic mass is 10.1. The van der Waals surface area contributed by atoms with Gasteiger partial charge in [-0.05, 0) is 50.7 Å². The topological polar surface area (TPSA) is 52.7 Å². The Morgan fingerprint density at radius 1 is 1.14 bits per heavy atom. The van der Waals surface area contributed by atoms with Gasteiger partial charge < -0.3 is 15.6 Å². The van der Waals surface area contributed by atoms with Crippen molar-refractivity contribution in [3.8, 4) is 0 Å². The first kappa shape index (κ1) is 13.6. The van der Waals surface area contributed by atoms with Gasteiger partial charge in [0.05, 0.1) is 11.4 Å². The van der Waals surface area contributed by atoms with Crippen LogP contribution >= 0.6 is 0 Å². The summed E-state index contributed by atoms with van der Waals surface area (Å²) >= 11 is 0. The number of nitrogens with one attached hydrogen (secondary N) is 3. The maximum absolute atomic E-state index is 4.48. The third kappa shape index (κ3) is 2.76. The lowest BCUT2D eigenvalue weighted by molar-refractivity contribution is 0.823. The molecule has 0 fully saturated rings. The summed E-state index contributed by atoms with van der Waals surface area (Å²) < 4.78 is 0. The molecule has 3 N–H and O–H groups in total. The molecular weight excluding hydrogens is 260 g/mol. The standard InChI is InChI=1S/C17H20N4/c1-11-4-7-16(12(2)20-11)21-14-5-6-15-13(9-18-3)10-19-17(15)8-14/h4-8,10,18-19,21H,9H2,1-3H3. The second-order valence-electron chi connectivity index (χ2n) is 5.32. The number of anilines is 2. The summed E-state index contributed by atoms with van der Waals surface area (Å²) in [6, 6.07) is 10.5. The summed E-state index contributed by atoms with van der Waals surface area (Å²) in [5, 5.41) is 7.88. The molecule has 0 aliphatic carbocycles. The Kier molecular flexibility index (Phi) is 3.62. The number of aryl methyl sites for hydroxylation is 2. The van der Waals surface area contributed by atoms with Crippen molar-refractivity contribution in [1.29, 1.82) is 0 Å². The van der Waals surface area contributed by atoms with Gasteiger partial charge in [0.15, 0.2) is 0 Å². The van der Waals surface area contributed by atoms with Crippen molar-refractivity contribution in [2.45, 2.75) is 20.4 Å². The van der Waals surface area contributed by atoms with Gasteiger partial charge in [-0.3, -0.25) is 4.98 Å². The van der Waals surface area contributed by atoms with Gasteiger partial charge in [-0.2, -0.15) is 0 Å². The van der Waals surface area contributed by atoms with E-state index in [2.05, 4.69) is 51.1 Å². The molecule has 0 bridgehead atoms. The monoisotopic (exact) mass is 280 g/mol. The average Bonchev–Trinajstić information content (AvgIpc) is 2.85. The third-order valence-electron chi connectivity index (χ3n) is 3.64. The Balaban J connectivity index is 1.91.